The topological polar surface area (TPSA) is 64.1 Å². The van der Waals surface area contributed by atoms with Crippen molar-refractivity contribution in [3.05, 3.63) is 41.6 Å². The molecule has 6 heteroatoms. The lowest BCUT2D eigenvalue weighted by molar-refractivity contribution is -0.120. The standard InChI is InChI=1S/C16H21N3O2S/c1-16(2,3)17-10-13(20)11-21-15-14(18-22-19-15)9-12-7-5-4-6-8-12/h4-8,17H,9-11H2,1-3H3. The fourth-order valence-electron chi connectivity index (χ4n) is 1.77. The minimum Gasteiger partial charge on any atom is -0.468 e. The molecule has 0 bridgehead atoms. The van der Waals surface area contributed by atoms with Crippen molar-refractivity contribution in [3.8, 4) is 5.88 Å². The smallest absolute Gasteiger partial charge is 0.249 e. The van der Waals surface area contributed by atoms with Crippen LogP contribution >= 0.6 is 11.7 Å². The van der Waals surface area contributed by atoms with Crippen molar-refractivity contribution in [2.75, 3.05) is 13.2 Å². The Morgan fingerprint density at radius 2 is 1.95 bits per heavy atom. The molecular formula is C16H21N3O2S. The van der Waals surface area contributed by atoms with Gasteiger partial charge in [0.05, 0.1) is 18.3 Å². The average molecular weight is 319 g/mol. The Bertz CT molecular complexity index is 605. The van der Waals surface area contributed by atoms with Crippen LogP contribution in [-0.2, 0) is 11.2 Å². The van der Waals surface area contributed by atoms with Crippen molar-refractivity contribution < 1.29 is 9.53 Å². The van der Waals surface area contributed by atoms with Gasteiger partial charge < -0.3 is 10.1 Å². The van der Waals surface area contributed by atoms with Crippen molar-refractivity contribution in [3.63, 3.8) is 0 Å². The molecule has 0 aliphatic rings. The highest BCUT2D eigenvalue weighted by Gasteiger charge is 2.14. The summed E-state index contributed by atoms with van der Waals surface area (Å²) in [5.41, 5.74) is 1.82. The molecule has 0 saturated carbocycles. The molecule has 2 aromatic rings. The van der Waals surface area contributed by atoms with Gasteiger partial charge in [-0.15, -0.1) is 4.37 Å². The maximum Gasteiger partial charge on any atom is 0.249 e. The van der Waals surface area contributed by atoms with Gasteiger partial charge in [-0.1, -0.05) is 30.3 Å². The van der Waals surface area contributed by atoms with Gasteiger partial charge in [-0.05, 0) is 26.3 Å². The van der Waals surface area contributed by atoms with Crippen LogP contribution in [0.1, 0.15) is 32.0 Å². The first kappa shape index (κ1) is 16.6. The van der Waals surface area contributed by atoms with E-state index in [9.17, 15) is 4.79 Å². The molecular weight excluding hydrogens is 298 g/mol. The van der Waals surface area contributed by atoms with Crippen LogP contribution in [0.15, 0.2) is 30.3 Å². The first-order valence-electron chi connectivity index (χ1n) is 7.19. The van der Waals surface area contributed by atoms with Gasteiger partial charge >= 0.3 is 0 Å². The summed E-state index contributed by atoms with van der Waals surface area (Å²) in [6.07, 6.45) is 0.654. The molecule has 0 unspecified atom stereocenters. The number of benzene rings is 1. The fraction of sp³-hybridized carbons (Fsp3) is 0.438. The zero-order valence-electron chi connectivity index (χ0n) is 13.1. The zero-order chi connectivity index (χ0) is 16.0. The molecule has 0 amide bonds. The number of rotatable bonds is 7. The van der Waals surface area contributed by atoms with Gasteiger partial charge in [0.1, 0.15) is 12.3 Å². The molecule has 1 aromatic carbocycles. The minimum absolute atomic E-state index is 0.00594. The second-order valence-corrected chi connectivity index (χ2v) is 6.64. The lowest BCUT2D eigenvalue weighted by Crippen LogP contribution is -2.40. The molecule has 22 heavy (non-hydrogen) atoms. The van der Waals surface area contributed by atoms with E-state index >= 15 is 0 Å². The third-order valence-corrected chi connectivity index (χ3v) is 3.47. The third kappa shape index (κ3) is 5.54. The highest BCUT2D eigenvalue weighted by Crippen LogP contribution is 2.19. The van der Waals surface area contributed by atoms with Crippen LogP contribution in [0.4, 0.5) is 0 Å². The largest absolute Gasteiger partial charge is 0.468 e. The monoisotopic (exact) mass is 319 g/mol. The minimum atomic E-state index is -0.0870. The van der Waals surface area contributed by atoms with E-state index in [-0.39, 0.29) is 24.5 Å². The van der Waals surface area contributed by atoms with Crippen LogP contribution in [0.3, 0.4) is 0 Å². The van der Waals surface area contributed by atoms with Crippen LogP contribution in [0.2, 0.25) is 0 Å². The van der Waals surface area contributed by atoms with Gasteiger partial charge in [-0.25, -0.2) is 0 Å². The SMILES string of the molecule is CC(C)(C)NCC(=O)COc1nsnc1Cc1ccccc1. The Morgan fingerprint density at radius 1 is 1.23 bits per heavy atom. The highest BCUT2D eigenvalue weighted by atomic mass is 32.1. The fourth-order valence-corrected chi connectivity index (χ4v) is 2.28. The molecule has 1 N–H and O–H groups in total. The molecule has 0 saturated heterocycles. The summed E-state index contributed by atoms with van der Waals surface area (Å²) in [4.78, 5) is 11.8. The molecule has 1 heterocycles. The summed E-state index contributed by atoms with van der Waals surface area (Å²) in [6, 6.07) is 10.00. The highest BCUT2D eigenvalue weighted by molar-refractivity contribution is 6.99. The molecule has 0 spiro atoms. The number of ketones is 1. The van der Waals surface area contributed by atoms with E-state index in [4.69, 9.17) is 4.74 Å². The summed E-state index contributed by atoms with van der Waals surface area (Å²) >= 11 is 1.10. The number of nitrogens with one attached hydrogen (secondary N) is 1. The van der Waals surface area contributed by atoms with Crippen molar-refractivity contribution in [1.29, 1.82) is 0 Å². The number of nitrogens with zero attached hydrogens (tertiary/aromatic N) is 2. The Hall–Kier alpha value is -1.79. The zero-order valence-corrected chi connectivity index (χ0v) is 13.9. The first-order chi connectivity index (χ1) is 10.4. The number of Topliss-reactive ketones (excluding diaryl/α,β-unsaturated/α-hetero) is 1. The van der Waals surface area contributed by atoms with Gasteiger partial charge in [-0.3, -0.25) is 4.79 Å². The van der Waals surface area contributed by atoms with Crippen LogP contribution in [0.25, 0.3) is 0 Å². The molecule has 5 nitrogen and oxygen atoms in total. The lowest BCUT2D eigenvalue weighted by atomic mass is 10.1. The summed E-state index contributed by atoms with van der Waals surface area (Å²) in [5.74, 6) is 0.451. The van der Waals surface area contributed by atoms with E-state index in [1.807, 2.05) is 51.1 Å². The number of carbonyl (C=O) groups excluding carboxylic acids is 1. The van der Waals surface area contributed by atoms with Crippen molar-refractivity contribution in [2.45, 2.75) is 32.7 Å². The number of aromatic nitrogens is 2. The summed E-state index contributed by atoms with van der Waals surface area (Å²) < 4.78 is 13.9. The van der Waals surface area contributed by atoms with E-state index in [1.165, 1.54) is 0 Å². The predicted molar refractivity (Wildman–Crippen MR) is 87.4 cm³/mol. The van der Waals surface area contributed by atoms with Gasteiger partial charge in [0, 0.05) is 12.0 Å². The normalized spacial score (nSPS) is 11.4. The van der Waals surface area contributed by atoms with E-state index in [0.717, 1.165) is 23.0 Å². The van der Waals surface area contributed by atoms with Crippen LogP contribution in [0, 0.1) is 0 Å². The molecule has 0 radical (unpaired) electrons. The van der Waals surface area contributed by atoms with Crippen LogP contribution in [0.5, 0.6) is 5.88 Å². The van der Waals surface area contributed by atoms with Crippen LogP contribution < -0.4 is 10.1 Å². The second-order valence-electron chi connectivity index (χ2n) is 6.11. The number of ether oxygens (including phenoxy) is 1. The van der Waals surface area contributed by atoms with Gasteiger partial charge in [0.25, 0.3) is 0 Å². The average Bonchev–Trinajstić information content (AvgIpc) is 2.90. The van der Waals surface area contributed by atoms with Gasteiger partial charge in [0.2, 0.25) is 5.88 Å². The van der Waals surface area contributed by atoms with Crippen LogP contribution in [-0.4, -0.2) is 33.2 Å². The van der Waals surface area contributed by atoms with Gasteiger partial charge in [-0.2, -0.15) is 4.37 Å². The Balaban J connectivity index is 1.86. The molecule has 0 aliphatic heterocycles. The number of hydrogen-bond donors (Lipinski definition) is 1. The molecule has 1 aromatic heterocycles. The molecule has 0 aliphatic carbocycles. The van der Waals surface area contributed by atoms with Crippen molar-refractivity contribution in [1.82, 2.24) is 14.1 Å². The van der Waals surface area contributed by atoms with E-state index < -0.39 is 0 Å². The molecule has 0 atom stereocenters. The van der Waals surface area contributed by atoms with E-state index in [2.05, 4.69) is 14.1 Å². The third-order valence-electron chi connectivity index (χ3n) is 2.92. The van der Waals surface area contributed by atoms with E-state index in [0.29, 0.717) is 12.3 Å². The quantitative estimate of drug-likeness (QED) is 0.849. The van der Waals surface area contributed by atoms with Gasteiger partial charge in [0.15, 0.2) is 5.78 Å². The summed E-state index contributed by atoms with van der Waals surface area (Å²) in [5, 5.41) is 3.14. The number of carbonyl (C=O) groups is 1. The lowest BCUT2D eigenvalue weighted by Gasteiger charge is -2.19. The molecule has 2 rings (SSSR count). The predicted octanol–water partition coefficient (Wildman–Crippen LogP) is 2.46. The van der Waals surface area contributed by atoms with E-state index in [1.54, 1.807) is 0 Å². The Morgan fingerprint density at radius 3 is 2.64 bits per heavy atom. The van der Waals surface area contributed by atoms with Crippen molar-refractivity contribution in [2.24, 2.45) is 0 Å². The summed E-state index contributed by atoms with van der Waals surface area (Å²) in [6.45, 7) is 6.35. The second kappa shape index (κ2) is 7.47. The summed E-state index contributed by atoms with van der Waals surface area (Å²) in [7, 11) is 0. The number of hydrogen-bond acceptors (Lipinski definition) is 6. The Labute approximate surface area is 135 Å². The maximum absolute atomic E-state index is 11.8. The maximum atomic E-state index is 11.8. The molecule has 0 fully saturated rings. The Kier molecular flexibility index (Phi) is 5.63. The van der Waals surface area contributed by atoms with Crippen molar-refractivity contribution >= 4 is 17.5 Å². The molecule has 118 valence electrons. The first-order valence-corrected chi connectivity index (χ1v) is 7.92.